The van der Waals surface area contributed by atoms with Crippen molar-refractivity contribution in [3.8, 4) is 10.4 Å². The van der Waals surface area contributed by atoms with Gasteiger partial charge in [0.25, 0.3) is 0 Å². The van der Waals surface area contributed by atoms with E-state index in [9.17, 15) is 18.4 Å². The van der Waals surface area contributed by atoms with Crippen molar-refractivity contribution in [2.75, 3.05) is 13.1 Å². The van der Waals surface area contributed by atoms with E-state index in [0.29, 0.717) is 5.52 Å². The van der Waals surface area contributed by atoms with Gasteiger partial charge in [-0.05, 0) is 25.1 Å². The maximum absolute atomic E-state index is 13.3. The summed E-state index contributed by atoms with van der Waals surface area (Å²) in [5.41, 5.74) is 0.733. The minimum absolute atomic E-state index is 0.0350. The van der Waals surface area contributed by atoms with Gasteiger partial charge in [0.15, 0.2) is 12.4 Å². The van der Waals surface area contributed by atoms with Gasteiger partial charge < -0.3 is 4.90 Å². The highest BCUT2D eigenvalue weighted by atomic mass is 32.1. The van der Waals surface area contributed by atoms with Crippen molar-refractivity contribution in [1.82, 2.24) is 19.0 Å². The van der Waals surface area contributed by atoms with Crippen LogP contribution in [0, 0.1) is 6.92 Å². The fourth-order valence-corrected chi connectivity index (χ4v) is 3.89. The number of imidazole rings is 1. The monoisotopic (exact) mass is 378 g/mol. The van der Waals surface area contributed by atoms with Gasteiger partial charge in [0.05, 0.1) is 18.6 Å². The number of amides is 1. The van der Waals surface area contributed by atoms with Crippen molar-refractivity contribution in [2.45, 2.75) is 26.4 Å². The first kappa shape index (κ1) is 16.9. The molecule has 0 radical (unpaired) electrons. The topological polar surface area (TPSA) is 60.1 Å². The predicted molar refractivity (Wildman–Crippen MR) is 94.6 cm³/mol. The number of carbonyl (C=O) groups excluding carboxylic acids is 1. The number of thiophene rings is 1. The van der Waals surface area contributed by atoms with Crippen LogP contribution in [0.25, 0.3) is 21.6 Å². The van der Waals surface area contributed by atoms with E-state index in [1.807, 2.05) is 19.1 Å². The minimum Gasteiger partial charge on any atom is -0.335 e. The Bertz CT molecular complexity index is 1050. The molecule has 9 heteroatoms. The predicted octanol–water partition coefficient (Wildman–Crippen LogP) is 2.34. The number of nitrogens with zero attached hydrogens (tertiary/aromatic N) is 4. The van der Waals surface area contributed by atoms with Gasteiger partial charge in [-0.25, -0.2) is 23.1 Å². The largest absolute Gasteiger partial charge is 0.335 e. The number of likely N-dealkylation sites (tertiary alicyclic amines) is 1. The Labute approximate surface area is 151 Å². The number of rotatable bonds is 4. The van der Waals surface area contributed by atoms with Crippen LogP contribution in [0.5, 0.6) is 0 Å². The molecule has 136 valence electrons. The van der Waals surface area contributed by atoms with Gasteiger partial charge in [0.2, 0.25) is 5.91 Å². The molecule has 3 aromatic heterocycles. The van der Waals surface area contributed by atoms with E-state index in [1.54, 1.807) is 23.6 Å². The van der Waals surface area contributed by atoms with E-state index in [2.05, 4.69) is 4.98 Å². The van der Waals surface area contributed by atoms with Crippen molar-refractivity contribution in [1.29, 1.82) is 0 Å². The first-order valence-electron chi connectivity index (χ1n) is 8.11. The van der Waals surface area contributed by atoms with Crippen LogP contribution in [0.2, 0.25) is 0 Å². The van der Waals surface area contributed by atoms with Gasteiger partial charge >= 0.3 is 5.69 Å². The van der Waals surface area contributed by atoms with Crippen LogP contribution in [-0.2, 0) is 18.1 Å². The van der Waals surface area contributed by atoms with Gasteiger partial charge in [-0.3, -0.25) is 9.36 Å². The number of fused-ring (bicyclic) bond motifs is 1. The number of aryl methyl sites for hydroxylation is 1. The molecule has 1 fully saturated rings. The Morgan fingerprint density at radius 3 is 2.73 bits per heavy atom. The first-order valence-corrected chi connectivity index (χ1v) is 8.93. The van der Waals surface area contributed by atoms with E-state index in [4.69, 9.17) is 0 Å². The summed E-state index contributed by atoms with van der Waals surface area (Å²) in [7, 11) is 0. The summed E-state index contributed by atoms with van der Waals surface area (Å²) in [6.07, 6.45) is 0.576. The van der Waals surface area contributed by atoms with Gasteiger partial charge in [-0.1, -0.05) is 0 Å². The lowest BCUT2D eigenvalue weighted by Crippen LogP contribution is -2.52. The average molecular weight is 378 g/mol. The molecular formula is C17H16F2N4O2S. The summed E-state index contributed by atoms with van der Waals surface area (Å²) in [6.45, 7) is 0.765. The summed E-state index contributed by atoms with van der Waals surface area (Å²) in [6, 6.07) is 5.66. The third kappa shape index (κ3) is 2.72. The summed E-state index contributed by atoms with van der Waals surface area (Å²) in [5, 5.41) is 0. The SMILES string of the molecule is Cc1ccc(-c2cnc3c(c2)n(CC(=O)N2CC(F)C2)c(=O)n3CF)s1. The van der Waals surface area contributed by atoms with Crippen molar-refractivity contribution in [3.63, 3.8) is 0 Å². The molecular weight excluding hydrogens is 362 g/mol. The quantitative estimate of drug-likeness (QED) is 0.700. The van der Waals surface area contributed by atoms with Crippen LogP contribution in [0.3, 0.4) is 0 Å². The molecule has 0 N–H and O–H groups in total. The van der Waals surface area contributed by atoms with Gasteiger partial charge in [-0.15, -0.1) is 11.3 Å². The molecule has 0 bridgehead atoms. The number of aromatic nitrogens is 3. The van der Waals surface area contributed by atoms with Crippen LogP contribution < -0.4 is 5.69 Å². The molecule has 1 aliphatic heterocycles. The maximum Gasteiger partial charge on any atom is 0.332 e. The average Bonchev–Trinajstić information content (AvgIpc) is 3.13. The Morgan fingerprint density at radius 1 is 1.35 bits per heavy atom. The molecule has 1 aliphatic rings. The molecule has 0 saturated carbocycles. The standard InChI is InChI=1S/C17H16F2N4O2S/c1-10-2-3-14(26-10)11-4-13-16(20-5-11)23(9-18)17(25)22(13)8-15(24)21-6-12(19)7-21/h2-5,12H,6-9H2,1H3. The number of hydrogen-bond acceptors (Lipinski definition) is 4. The smallest absolute Gasteiger partial charge is 0.332 e. The zero-order valence-corrected chi connectivity index (χ0v) is 14.8. The van der Waals surface area contributed by atoms with Gasteiger partial charge in [0, 0.05) is 21.5 Å². The normalized spacial score (nSPS) is 14.8. The summed E-state index contributed by atoms with van der Waals surface area (Å²) < 4.78 is 28.4. The van der Waals surface area contributed by atoms with Crippen LogP contribution >= 0.6 is 11.3 Å². The van der Waals surface area contributed by atoms with Crippen LogP contribution in [-0.4, -0.2) is 44.2 Å². The Kier molecular flexibility index (Phi) is 4.10. The lowest BCUT2D eigenvalue weighted by molar-refractivity contribution is -0.138. The second kappa shape index (κ2) is 6.31. The number of halogens is 2. The minimum atomic E-state index is -1.03. The molecule has 1 amide bonds. The zero-order chi connectivity index (χ0) is 18.4. The zero-order valence-electron chi connectivity index (χ0n) is 14.0. The maximum atomic E-state index is 13.3. The number of pyridine rings is 1. The lowest BCUT2D eigenvalue weighted by atomic mass is 10.2. The molecule has 26 heavy (non-hydrogen) atoms. The third-order valence-corrected chi connectivity index (χ3v) is 5.53. The van der Waals surface area contributed by atoms with Crippen molar-refractivity contribution >= 4 is 28.4 Å². The van der Waals surface area contributed by atoms with Crippen molar-refractivity contribution in [3.05, 3.63) is 39.8 Å². The fourth-order valence-electron chi connectivity index (χ4n) is 3.04. The summed E-state index contributed by atoms with van der Waals surface area (Å²) in [5.74, 6) is -0.365. The van der Waals surface area contributed by atoms with Crippen LogP contribution in [0.15, 0.2) is 29.2 Å². The van der Waals surface area contributed by atoms with E-state index in [-0.39, 0.29) is 31.2 Å². The summed E-state index contributed by atoms with van der Waals surface area (Å²) >= 11 is 1.58. The number of carbonyl (C=O) groups is 1. The van der Waals surface area contributed by atoms with E-state index >= 15 is 0 Å². The molecule has 0 atom stereocenters. The number of alkyl halides is 2. The van der Waals surface area contributed by atoms with Crippen LogP contribution in [0.4, 0.5) is 8.78 Å². The van der Waals surface area contributed by atoms with E-state index < -0.39 is 18.7 Å². The fraction of sp³-hybridized carbons (Fsp3) is 0.353. The molecule has 4 rings (SSSR count). The third-order valence-electron chi connectivity index (χ3n) is 4.48. The highest BCUT2D eigenvalue weighted by molar-refractivity contribution is 7.15. The second-order valence-electron chi connectivity index (χ2n) is 6.29. The Balaban J connectivity index is 1.78. The van der Waals surface area contributed by atoms with E-state index in [1.165, 1.54) is 9.47 Å². The molecule has 0 unspecified atom stereocenters. The highest BCUT2D eigenvalue weighted by Crippen LogP contribution is 2.29. The second-order valence-corrected chi connectivity index (χ2v) is 7.58. The van der Waals surface area contributed by atoms with Crippen molar-refractivity contribution in [2.24, 2.45) is 0 Å². The molecule has 0 aliphatic carbocycles. The molecule has 6 nitrogen and oxygen atoms in total. The molecule has 4 heterocycles. The van der Waals surface area contributed by atoms with Crippen LogP contribution in [0.1, 0.15) is 4.88 Å². The molecule has 0 aromatic carbocycles. The first-order chi connectivity index (χ1) is 12.5. The summed E-state index contributed by atoms with van der Waals surface area (Å²) in [4.78, 5) is 32.5. The Hall–Kier alpha value is -2.55. The van der Waals surface area contributed by atoms with Gasteiger partial charge in [0.1, 0.15) is 12.7 Å². The Morgan fingerprint density at radius 2 is 2.12 bits per heavy atom. The molecule has 1 saturated heterocycles. The highest BCUT2D eigenvalue weighted by Gasteiger charge is 2.31. The lowest BCUT2D eigenvalue weighted by Gasteiger charge is -2.34. The molecule has 0 spiro atoms. The molecule has 3 aromatic rings. The number of hydrogen-bond donors (Lipinski definition) is 0. The van der Waals surface area contributed by atoms with E-state index in [0.717, 1.165) is 19.9 Å². The van der Waals surface area contributed by atoms with Gasteiger partial charge in [-0.2, -0.15) is 0 Å². The van der Waals surface area contributed by atoms with Crippen molar-refractivity contribution < 1.29 is 13.6 Å².